The summed E-state index contributed by atoms with van der Waals surface area (Å²) < 4.78 is 81.7. The van der Waals surface area contributed by atoms with Crippen LogP contribution in [0.15, 0.2) is 79.0 Å². The summed E-state index contributed by atoms with van der Waals surface area (Å²) in [4.78, 5) is 85.5. The largest absolute Gasteiger partial charge is 0.384 e. The number of hydrogen-bond donors (Lipinski definition) is 9. The minimum absolute atomic E-state index is 0.0515. The monoisotopic (exact) mass is 1300 g/mol. The number of ether oxygens (including phenoxy) is 6. The maximum Gasteiger partial charge on any atom is 0.312 e. The lowest BCUT2D eigenvalue weighted by molar-refractivity contribution is -0.195. The van der Waals surface area contributed by atoms with Crippen LogP contribution in [0.3, 0.4) is 0 Å². The molecule has 6 rings (SSSR count). The molecule has 24 nitrogen and oxygen atoms in total. The van der Waals surface area contributed by atoms with Gasteiger partial charge in [0.05, 0.1) is 71.2 Å². The maximum atomic E-state index is 16.4. The first-order chi connectivity index (χ1) is 43.8. The maximum absolute atomic E-state index is 16.4. The second kappa shape index (κ2) is 39.0. The van der Waals surface area contributed by atoms with E-state index in [0.29, 0.717) is 94.9 Å². The Bertz CT molecular complexity index is 2900. The van der Waals surface area contributed by atoms with Gasteiger partial charge in [-0.15, -0.1) is 0 Å². The second-order valence-electron chi connectivity index (χ2n) is 22.6. The van der Waals surface area contributed by atoms with E-state index in [1.54, 1.807) is 48.9 Å². The number of nitrogens with two attached hydrogens (primary N) is 1. The molecule has 1 aromatic heterocycles. The van der Waals surface area contributed by atoms with Crippen molar-refractivity contribution in [1.82, 2.24) is 40.6 Å². The lowest BCUT2D eigenvalue weighted by atomic mass is 9.88. The molecule has 1 unspecified atom stereocenters. The smallest absolute Gasteiger partial charge is 0.312 e. The highest BCUT2D eigenvalue weighted by molar-refractivity contribution is 7.80. The van der Waals surface area contributed by atoms with Crippen molar-refractivity contribution >= 4 is 53.9 Å². The van der Waals surface area contributed by atoms with Crippen molar-refractivity contribution in [3.8, 4) is 11.3 Å². The van der Waals surface area contributed by atoms with Gasteiger partial charge in [-0.1, -0.05) is 56.3 Å². The number of nitrogens with one attached hydrogen (secondary N) is 5. The van der Waals surface area contributed by atoms with E-state index in [1.807, 2.05) is 30.3 Å². The van der Waals surface area contributed by atoms with Crippen molar-refractivity contribution in [2.75, 3.05) is 110 Å². The predicted octanol–water partition coefficient (Wildman–Crippen LogP) is 4.22. The van der Waals surface area contributed by atoms with Gasteiger partial charge in [-0.2, -0.15) is 12.6 Å². The van der Waals surface area contributed by atoms with Gasteiger partial charge in [-0.05, 0) is 91.7 Å². The van der Waals surface area contributed by atoms with Gasteiger partial charge in [-0.25, -0.2) is 22.9 Å². The third kappa shape index (κ3) is 24.7. The number of primary amides is 1. The lowest BCUT2D eigenvalue weighted by Crippen LogP contribution is -2.54. The lowest BCUT2D eigenvalue weighted by Gasteiger charge is -2.40. The molecular formula is C63H89F3N10O14S. The Kier molecular flexibility index (Phi) is 31.4. The van der Waals surface area contributed by atoms with Crippen LogP contribution in [0.1, 0.15) is 82.3 Å². The summed E-state index contributed by atoms with van der Waals surface area (Å²) in [6.45, 7) is 7.93. The van der Waals surface area contributed by atoms with Crippen molar-refractivity contribution < 1.29 is 80.6 Å². The summed E-state index contributed by atoms with van der Waals surface area (Å²) in [5.74, 6) is -4.54. The molecule has 7 atom stereocenters. The van der Waals surface area contributed by atoms with Gasteiger partial charge in [0.15, 0.2) is 0 Å². The quantitative estimate of drug-likeness (QED) is 0.0171. The molecule has 3 heterocycles. The molecule has 2 aliphatic rings. The molecule has 2 fully saturated rings. The Balaban J connectivity index is 1.00. The second-order valence-corrected chi connectivity index (χ2v) is 23.1. The summed E-state index contributed by atoms with van der Waals surface area (Å²) in [6.07, 6.45) is -1.47. The number of anilines is 1. The number of halogens is 3. The van der Waals surface area contributed by atoms with Gasteiger partial charge in [0.25, 0.3) is 5.91 Å². The predicted molar refractivity (Wildman–Crippen MR) is 334 cm³/mol. The number of alkyl halides is 1. The first-order valence-electron chi connectivity index (χ1n) is 30.8. The van der Waals surface area contributed by atoms with E-state index in [-0.39, 0.29) is 107 Å². The number of aliphatic hydroxyl groups excluding tert-OH is 2. The van der Waals surface area contributed by atoms with E-state index in [9.17, 15) is 43.4 Å². The van der Waals surface area contributed by atoms with E-state index in [0.717, 1.165) is 23.8 Å². The summed E-state index contributed by atoms with van der Waals surface area (Å²) in [5, 5.41) is 35.8. The third-order valence-electron chi connectivity index (χ3n) is 15.3. The van der Waals surface area contributed by atoms with E-state index >= 15 is 8.78 Å². The number of benzene rings is 3. The number of nitrogens with zero attached hydrogens (tertiary/aromatic N) is 4. The molecule has 28 heteroatoms. The molecule has 502 valence electrons. The minimum Gasteiger partial charge on any atom is -0.384 e. The van der Waals surface area contributed by atoms with Crippen LogP contribution in [0.25, 0.3) is 11.3 Å². The van der Waals surface area contributed by atoms with E-state index in [1.165, 1.54) is 16.7 Å². The topological polar surface area (TPSA) is 309 Å². The Morgan fingerprint density at radius 1 is 0.791 bits per heavy atom. The Labute approximate surface area is 534 Å². The number of carbonyl (C=O) groups is 6. The Morgan fingerprint density at radius 3 is 2.11 bits per heavy atom. The van der Waals surface area contributed by atoms with Gasteiger partial charge < -0.3 is 80.4 Å². The molecule has 3 aromatic carbocycles. The zero-order chi connectivity index (χ0) is 65.7. The number of aliphatic hydroxyl groups is 2. The van der Waals surface area contributed by atoms with Crippen LogP contribution in [0.2, 0.25) is 0 Å². The number of carbonyl (C=O) groups excluding carboxylic acids is 6. The zero-order valence-corrected chi connectivity index (χ0v) is 52.8. The molecule has 4 aromatic rings. The third-order valence-corrected chi connectivity index (χ3v) is 15.5. The number of aromatic nitrogens is 2. The average molecular weight is 1300 g/mol. The Morgan fingerprint density at radius 2 is 1.46 bits per heavy atom. The molecule has 0 aliphatic carbocycles. The summed E-state index contributed by atoms with van der Waals surface area (Å²) in [6, 6.07) is 15.1. The van der Waals surface area contributed by atoms with E-state index in [2.05, 4.69) is 39.2 Å². The van der Waals surface area contributed by atoms with Crippen molar-refractivity contribution in [1.29, 1.82) is 0 Å². The van der Waals surface area contributed by atoms with Crippen LogP contribution in [-0.4, -0.2) is 200 Å². The van der Waals surface area contributed by atoms with Crippen molar-refractivity contribution in [3.05, 3.63) is 108 Å². The number of thiol groups is 1. The highest BCUT2D eigenvalue weighted by atomic mass is 32.1. The average Bonchev–Trinajstić information content (AvgIpc) is 1.72. The van der Waals surface area contributed by atoms with Crippen LogP contribution in [0.5, 0.6) is 0 Å². The van der Waals surface area contributed by atoms with Gasteiger partial charge >= 0.3 is 6.03 Å². The fourth-order valence-corrected chi connectivity index (χ4v) is 10.7. The fraction of sp³-hybridized carbons (Fsp3) is 0.571. The molecule has 2 saturated heterocycles. The fourth-order valence-electron chi connectivity index (χ4n) is 10.5. The summed E-state index contributed by atoms with van der Waals surface area (Å²) in [5.41, 5.74) is 7.05. The number of rotatable bonds is 40. The normalized spacial score (nSPS) is 17.0. The van der Waals surface area contributed by atoms with Crippen LogP contribution < -0.4 is 32.3 Å². The molecule has 0 radical (unpaired) electrons. The van der Waals surface area contributed by atoms with Crippen molar-refractivity contribution in [3.63, 3.8) is 0 Å². The standard InChI is InChI=1S/C63H89F3N10O14S/c1-41(2)56(73-55(79)19-25-86-27-29-88-31-32-89-30-28-87-26-22-68-54(78)20-33-91)60(81)72-52(10-7-21-69-62(67)83)59(80)70-48-14-11-44(12-15-48)40-90-63(84)75-36-46(51(66)38-75)37-76(61(82)42(3)77)57(45-17-23-85-24-18-45)58-71-53(49-34-47(64)13-16-50(49)65)39-74(58)35-43-8-5-4-6-9-43/h4-6,8-9,11-16,34,39,41-42,45-46,51-52,56-57,63,77,84,91H,7,10,17-33,35-38,40H2,1-3H3,(H,68,78)(H,70,80)(H,72,81)(H,73,79)(H3,67,69,83)/t42-,46+,51+,52+,56+,57-,63?/m1/s1. The van der Waals surface area contributed by atoms with E-state index < -0.39 is 84.0 Å². The molecule has 9 N–H and O–H groups in total. The zero-order valence-electron chi connectivity index (χ0n) is 51.9. The van der Waals surface area contributed by atoms with Crippen LogP contribution in [0.4, 0.5) is 23.7 Å². The first kappa shape index (κ1) is 73.3. The number of hydrogen-bond acceptors (Lipinski definition) is 17. The molecule has 0 spiro atoms. The summed E-state index contributed by atoms with van der Waals surface area (Å²) in [7, 11) is 0. The first-order valence-corrected chi connectivity index (χ1v) is 31.5. The number of likely N-dealkylation sites (tertiary alicyclic amines) is 1. The minimum atomic E-state index is -1.59. The molecule has 0 bridgehead atoms. The van der Waals surface area contributed by atoms with Gasteiger partial charge in [0, 0.05) is 88.7 Å². The van der Waals surface area contributed by atoms with Gasteiger partial charge in [0.1, 0.15) is 41.8 Å². The summed E-state index contributed by atoms with van der Waals surface area (Å²) >= 11 is 4.02. The van der Waals surface area contributed by atoms with Gasteiger partial charge in [0.2, 0.25) is 30.0 Å². The molecule has 0 saturated carbocycles. The number of urea groups is 1. The Hall–Kier alpha value is -6.73. The molecular weight excluding hydrogens is 1210 g/mol. The highest BCUT2D eigenvalue weighted by Gasteiger charge is 2.44. The van der Waals surface area contributed by atoms with Crippen molar-refractivity contribution in [2.24, 2.45) is 23.5 Å². The van der Waals surface area contributed by atoms with Crippen LogP contribution in [0, 0.1) is 29.4 Å². The highest BCUT2D eigenvalue weighted by Crippen LogP contribution is 2.39. The van der Waals surface area contributed by atoms with Gasteiger partial charge in [-0.3, -0.25) is 28.9 Å². The number of imidazole rings is 1. The van der Waals surface area contributed by atoms with Crippen LogP contribution in [-0.2, 0) is 65.5 Å². The van der Waals surface area contributed by atoms with Crippen LogP contribution >= 0.6 is 12.6 Å². The molecule has 91 heavy (non-hydrogen) atoms. The molecule has 2 aliphatic heterocycles. The number of amides is 7. The molecule has 7 amide bonds. The van der Waals surface area contributed by atoms with Crippen molar-refractivity contribution in [2.45, 2.75) is 109 Å². The van der Waals surface area contributed by atoms with E-state index in [4.69, 9.17) is 39.1 Å². The SMILES string of the molecule is CC(C)[C@H](NC(=O)CCOCCOCCOCCOCCNC(=O)CCS)C(=O)N[C@@H](CCCNC(N)=O)C(=O)Nc1ccc(COC(O)N2C[C@@H](CN(C(=O)[C@@H](C)O)[C@@H](c3nc(-c4cc(F)ccc4F)cn3Cc3ccccc3)C3CCOCC3)[C@@H](F)C2)cc1.